The van der Waals surface area contributed by atoms with Gasteiger partial charge >= 0.3 is 0 Å². The third-order valence-corrected chi connectivity index (χ3v) is 5.73. The summed E-state index contributed by atoms with van der Waals surface area (Å²) in [5, 5.41) is 3.11. The van der Waals surface area contributed by atoms with Crippen molar-refractivity contribution in [2.75, 3.05) is 0 Å². The van der Waals surface area contributed by atoms with Crippen molar-refractivity contribution >= 4 is 10.8 Å². The van der Waals surface area contributed by atoms with E-state index >= 15 is 0 Å². The van der Waals surface area contributed by atoms with Crippen molar-refractivity contribution in [1.29, 1.82) is 0 Å². The molecule has 2 aromatic carbocycles. The summed E-state index contributed by atoms with van der Waals surface area (Å²) in [6, 6.07) is 4.82. The Balaban J connectivity index is 3.19. The molecule has 0 amide bonds. The first kappa shape index (κ1) is 20.0. The quantitative estimate of drug-likeness (QED) is 0.502. The van der Waals surface area contributed by atoms with E-state index in [0.29, 0.717) is 17.8 Å². The zero-order chi connectivity index (χ0) is 18.9. The summed E-state index contributed by atoms with van der Waals surface area (Å²) >= 11 is 0. The van der Waals surface area contributed by atoms with E-state index in [2.05, 4.69) is 74.4 Å². The molecule has 0 unspecified atom stereocenters. The van der Waals surface area contributed by atoms with Crippen molar-refractivity contribution in [3.8, 4) is 0 Å². The van der Waals surface area contributed by atoms with E-state index in [9.17, 15) is 0 Å². The summed E-state index contributed by atoms with van der Waals surface area (Å²) in [5.41, 5.74) is 9.60. The van der Waals surface area contributed by atoms with Crippen molar-refractivity contribution in [1.82, 2.24) is 0 Å². The van der Waals surface area contributed by atoms with Gasteiger partial charge in [-0.15, -0.1) is 0 Å². The third kappa shape index (κ3) is 3.37. The van der Waals surface area contributed by atoms with Gasteiger partial charge < -0.3 is 0 Å². The van der Waals surface area contributed by atoms with E-state index in [1.165, 1.54) is 10.9 Å². The number of hydrogen-bond donors (Lipinski definition) is 0. The Bertz CT molecular complexity index is 745. The predicted molar refractivity (Wildman–Crippen MR) is 114 cm³/mol. The fourth-order valence-electron chi connectivity index (χ4n) is 4.85. The van der Waals surface area contributed by atoms with Crippen LogP contribution in [0, 0.1) is 0 Å². The van der Waals surface area contributed by atoms with Crippen LogP contribution in [0.2, 0.25) is 0 Å². The second-order valence-electron chi connectivity index (χ2n) is 8.37. The molecule has 0 heteroatoms. The van der Waals surface area contributed by atoms with Crippen LogP contribution in [0.1, 0.15) is 113 Å². The normalized spacial score (nSPS) is 12.2. The Morgan fingerprint density at radius 1 is 0.600 bits per heavy atom. The first-order chi connectivity index (χ1) is 11.8. The topological polar surface area (TPSA) is 0 Å². The Labute approximate surface area is 156 Å². The third-order valence-electron chi connectivity index (χ3n) is 5.73. The Hall–Kier alpha value is -1.30. The standard InChI is InChI=1S/C25H38/c1-10-18-13-14-21-23(16(6)7)24(17(8)9)22(15(4)5)20(12-3)25(21)19(18)11-2/h13-17H,10-12H2,1-9H3. The van der Waals surface area contributed by atoms with Crippen molar-refractivity contribution in [2.24, 2.45) is 0 Å². The van der Waals surface area contributed by atoms with Crippen LogP contribution in [0.3, 0.4) is 0 Å². The number of fused-ring (bicyclic) bond motifs is 1. The van der Waals surface area contributed by atoms with Crippen LogP contribution in [0.15, 0.2) is 12.1 Å². The number of hydrogen-bond acceptors (Lipinski definition) is 0. The second-order valence-corrected chi connectivity index (χ2v) is 8.37. The maximum atomic E-state index is 2.43. The van der Waals surface area contributed by atoms with Gasteiger partial charge in [0.2, 0.25) is 0 Å². The molecular weight excluding hydrogens is 300 g/mol. The minimum absolute atomic E-state index is 0.556. The minimum atomic E-state index is 0.556. The van der Waals surface area contributed by atoms with Gasteiger partial charge in [-0.05, 0) is 81.2 Å². The van der Waals surface area contributed by atoms with Gasteiger partial charge in [-0.2, -0.15) is 0 Å². The van der Waals surface area contributed by atoms with Gasteiger partial charge in [0.25, 0.3) is 0 Å². The molecule has 0 radical (unpaired) electrons. The Morgan fingerprint density at radius 2 is 1.12 bits per heavy atom. The van der Waals surface area contributed by atoms with Crippen LogP contribution in [0.25, 0.3) is 10.8 Å². The molecule has 138 valence electrons. The highest BCUT2D eigenvalue weighted by Crippen LogP contribution is 2.43. The van der Waals surface area contributed by atoms with Gasteiger partial charge in [0, 0.05) is 0 Å². The number of aryl methyl sites for hydroxylation is 3. The lowest BCUT2D eigenvalue weighted by Gasteiger charge is -2.30. The fraction of sp³-hybridized carbons (Fsp3) is 0.600. The summed E-state index contributed by atoms with van der Waals surface area (Å²) < 4.78 is 0. The van der Waals surface area contributed by atoms with E-state index in [4.69, 9.17) is 0 Å². The van der Waals surface area contributed by atoms with Crippen molar-refractivity contribution < 1.29 is 0 Å². The van der Waals surface area contributed by atoms with Crippen molar-refractivity contribution in [3.63, 3.8) is 0 Å². The molecule has 25 heavy (non-hydrogen) atoms. The van der Waals surface area contributed by atoms with E-state index in [-0.39, 0.29) is 0 Å². The van der Waals surface area contributed by atoms with Crippen LogP contribution in [0.5, 0.6) is 0 Å². The van der Waals surface area contributed by atoms with Gasteiger partial charge in [-0.3, -0.25) is 0 Å². The molecule has 0 atom stereocenters. The number of benzene rings is 2. The van der Waals surface area contributed by atoms with Crippen LogP contribution in [-0.4, -0.2) is 0 Å². The highest BCUT2D eigenvalue weighted by Gasteiger charge is 2.25. The molecule has 0 N–H and O–H groups in total. The Kier molecular flexibility index (Phi) is 6.35. The van der Waals surface area contributed by atoms with Crippen LogP contribution in [0.4, 0.5) is 0 Å². The molecule has 0 saturated heterocycles. The van der Waals surface area contributed by atoms with Crippen molar-refractivity contribution in [2.45, 2.75) is 99.3 Å². The molecule has 0 saturated carbocycles. The molecule has 2 aromatic rings. The van der Waals surface area contributed by atoms with Gasteiger partial charge in [-0.1, -0.05) is 74.4 Å². The first-order valence-electron chi connectivity index (χ1n) is 10.4. The lowest BCUT2D eigenvalue weighted by Crippen LogP contribution is -2.12. The average Bonchev–Trinajstić information content (AvgIpc) is 2.57. The van der Waals surface area contributed by atoms with Gasteiger partial charge in [0.05, 0.1) is 0 Å². The lowest BCUT2D eigenvalue weighted by atomic mass is 9.75. The highest BCUT2D eigenvalue weighted by atomic mass is 14.3. The minimum Gasteiger partial charge on any atom is -0.0613 e. The first-order valence-corrected chi connectivity index (χ1v) is 10.4. The zero-order valence-corrected chi connectivity index (χ0v) is 18.0. The molecule has 0 fully saturated rings. The van der Waals surface area contributed by atoms with E-state index in [1.807, 2.05) is 0 Å². The van der Waals surface area contributed by atoms with Crippen LogP contribution in [-0.2, 0) is 19.3 Å². The zero-order valence-electron chi connectivity index (χ0n) is 18.0. The molecular formula is C25H38. The molecule has 2 rings (SSSR count). The van der Waals surface area contributed by atoms with E-state index in [0.717, 1.165) is 19.3 Å². The summed E-state index contributed by atoms with van der Waals surface area (Å²) in [6.07, 6.45) is 3.38. The lowest BCUT2D eigenvalue weighted by molar-refractivity contribution is 0.745. The van der Waals surface area contributed by atoms with E-state index in [1.54, 1.807) is 33.2 Å². The molecule has 0 aliphatic rings. The fourth-order valence-corrected chi connectivity index (χ4v) is 4.85. The van der Waals surface area contributed by atoms with Gasteiger partial charge in [0.1, 0.15) is 0 Å². The summed E-state index contributed by atoms with van der Waals surface area (Å²) in [5.74, 6) is 1.70. The average molecular weight is 339 g/mol. The molecule has 0 spiro atoms. The van der Waals surface area contributed by atoms with Gasteiger partial charge in [-0.25, -0.2) is 0 Å². The van der Waals surface area contributed by atoms with Crippen LogP contribution < -0.4 is 0 Å². The highest BCUT2D eigenvalue weighted by molar-refractivity contribution is 5.95. The maximum Gasteiger partial charge on any atom is -0.0111 e. The second kappa shape index (κ2) is 7.94. The summed E-state index contributed by atoms with van der Waals surface area (Å²) in [4.78, 5) is 0. The summed E-state index contributed by atoms with van der Waals surface area (Å²) in [7, 11) is 0. The van der Waals surface area contributed by atoms with E-state index < -0.39 is 0 Å². The number of rotatable bonds is 6. The molecule has 0 nitrogen and oxygen atoms in total. The molecule has 0 aliphatic carbocycles. The monoisotopic (exact) mass is 338 g/mol. The molecule has 0 heterocycles. The maximum absolute atomic E-state index is 2.43. The van der Waals surface area contributed by atoms with Crippen molar-refractivity contribution in [3.05, 3.63) is 45.5 Å². The SMILES string of the molecule is CCc1ccc2c(C(C)C)c(C(C)C)c(C(C)C)c(CC)c2c1CC. The summed E-state index contributed by atoms with van der Waals surface area (Å²) in [6.45, 7) is 21.2. The molecule has 0 bridgehead atoms. The molecule has 0 aliphatic heterocycles. The predicted octanol–water partition coefficient (Wildman–Crippen LogP) is 7.90. The largest absolute Gasteiger partial charge is 0.0613 e. The molecule has 0 aromatic heterocycles. The smallest absolute Gasteiger partial charge is 0.0111 e. The van der Waals surface area contributed by atoms with Gasteiger partial charge in [0.15, 0.2) is 0 Å². The Morgan fingerprint density at radius 3 is 1.52 bits per heavy atom. The van der Waals surface area contributed by atoms with Crippen LogP contribution >= 0.6 is 0 Å².